The number of fused-ring (bicyclic) bond motifs is 1. The monoisotopic (exact) mass is 250 g/mol. The molecule has 1 aromatic carbocycles. The van der Waals surface area contributed by atoms with Gasteiger partial charge in [-0.2, -0.15) is 0 Å². The molecule has 1 N–H and O–H groups in total. The van der Waals surface area contributed by atoms with Crippen molar-refractivity contribution in [1.29, 1.82) is 0 Å². The Labute approximate surface area is 106 Å². The van der Waals surface area contributed by atoms with Gasteiger partial charge in [-0.25, -0.2) is 0 Å². The average molecular weight is 250 g/mol. The zero-order valence-corrected chi connectivity index (χ0v) is 11.3. The Hall–Kier alpha value is -1.29. The number of benzene rings is 1. The summed E-state index contributed by atoms with van der Waals surface area (Å²) in [6.45, 7) is 6.99. The summed E-state index contributed by atoms with van der Waals surface area (Å²) in [6.07, 6.45) is 1.06. The normalized spacial score (nSPS) is 12.9. The summed E-state index contributed by atoms with van der Waals surface area (Å²) in [4.78, 5) is 3.25. The molecule has 17 heavy (non-hydrogen) atoms. The van der Waals surface area contributed by atoms with Gasteiger partial charge < -0.3 is 14.3 Å². The van der Waals surface area contributed by atoms with Crippen molar-refractivity contribution in [2.75, 3.05) is 6.61 Å². The quantitative estimate of drug-likeness (QED) is 0.829. The van der Waals surface area contributed by atoms with Crippen LogP contribution in [0, 0.1) is 4.77 Å². The summed E-state index contributed by atoms with van der Waals surface area (Å²) in [5.74, 6) is 0.873. The number of hydrogen-bond acceptors (Lipinski definition) is 2. The van der Waals surface area contributed by atoms with Crippen molar-refractivity contribution < 1.29 is 4.74 Å². The Morgan fingerprint density at radius 1 is 1.41 bits per heavy atom. The van der Waals surface area contributed by atoms with E-state index in [1.807, 2.05) is 19.1 Å². The highest BCUT2D eigenvalue weighted by Gasteiger charge is 2.12. The van der Waals surface area contributed by atoms with Gasteiger partial charge in [0.2, 0.25) is 0 Å². The summed E-state index contributed by atoms with van der Waals surface area (Å²) in [7, 11) is 0. The van der Waals surface area contributed by atoms with Crippen LogP contribution in [0.2, 0.25) is 0 Å². The van der Waals surface area contributed by atoms with Crippen molar-refractivity contribution in [3.05, 3.63) is 23.0 Å². The van der Waals surface area contributed by atoms with Crippen LogP contribution in [-0.4, -0.2) is 16.2 Å². The van der Waals surface area contributed by atoms with Crippen LogP contribution in [0.15, 0.2) is 18.2 Å². The minimum atomic E-state index is 0.396. The second-order valence-corrected chi connectivity index (χ2v) is 4.53. The molecule has 0 aliphatic carbocycles. The molecule has 0 amide bonds. The fraction of sp³-hybridized carbons (Fsp3) is 0.462. The van der Waals surface area contributed by atoms with Crippen LogP contribution in [-0.2, 0) is 0 Å². The third-order valence-corrected chi connectivity index (χ3v) is 3.34. The predicted octanol–water partition coefficient (Wildman–Crippen LogP) is 4.07. The number of imidazole rings is 1. The SMILES string of the molecule is CCOc1cccc2c1[nH]c(=S)n2C(C)CC. The summed E-state index contributed by atoms with van der Waals surface area (Å²) < 4.78 is 8.54. The molecule has 1 heterocycles. The second kappa shape index (κ2) is 4.92. The number of nitrogens with zero attached hydrogens (tertiary/aromatic N) is 1. The standard InChI is InChI=1S/C13H18N2OS/c1-4-9(3)15-10-7-6-8-11(16-5-2)12(10)14-13(15)17/h6-9H,4-5H2,1-3H3,(H,14,17). The van der Waals surface area contributed by atoms with E-state index < -0.39 is 0 Å². The van der Waals surface area contributed by atoms with Gasteiger partial charge in [0.25, 0.3) is 0 Å². The molecule has 1 aromatic heterocycles. The van der Waals surface area contributed by atoms with Crippen LogP contribution in [0.4, 0.5) is 0 Å². The van der Waals surface area contributed by atoms with E-state index >= 15 is 0 Å². The number of aromatic nitrogens is 2. The van der Waals surface area contributed by atoms with E-state index in [1.54, 1.807) is 0 Å². The Bertz CT molecular complexity index is 570. The van der Waals surface area contributed by atoms with Crippen molar-refractivity contribution in [2.45, 2.75) is 33.2 Å². The van der Waals surface area contributed by atoms with Gasteiger partial charge >= 0.3 is 0 Å². The van der Waals surface area contributed by atoms with Gasteiger partial charge in [0, 0.05) is 6.04 Å². The molecule has 1 atom stereocenters. The third-order valence-electron chi connectivity index (χ3n) is 3.05. The Balaban J connectivity index is 2.67. The van der Waals surface area contributed by atoms with E-state index in [9.17, 15) is 0 Å². The van der Waals surface area contributed by atoms with Crippen molar-refractivity contribution >= 4 is 23.3 Å². The molecule has 0 aliphatic rings. The molecule has 2 rings (SSSR count). The highest BCUT2D eigenvalue weighted by Crippen LogP contribution is 2.27. The molecule has 0 spiro atoms. The lowest BCUT2D eigenvalue weighted by Gasteiger charge is -2.12. The number of para-hydroxylation sites is 1. The molecule has 0 saturated carbocycles. The summed E-state index contributed by atoms with van der Waals surface area (Å²) in [5, 5.41) is 0. The maximum Gasteiger partial charge on any atom is 0.178 e. The fourth-order valence-corrected chi connectivity index (χ4v) is 2.40. The summed E-state index contributed by atoms with van der Waals surface area (Å²) in [5.41, 5.74) is 2.12. The largest absolute Gasteiger partial charge is 0.492 e. The van der Waals surface area contributed by atoms with E-state index in [2.05, 4.69) is 29.5 Å². The van der Waals surface area contributed by atoms with Crippen LogP contribution in [0.1, 0.15) is 33.2 Å². The third kappa shape index (κ3) is 2.09. The average Bonchev–Trinajstić information content (AvgIpc) is 2.66. The highest BCUT2D eigenvalue weighted by atomic mass is 32.1. The van der Waals surface area contributed by atoms with E-state index in [-0.39, 0.29) is 0 Å². The minimum absolute atomic E-state index is 0.396. The zero-order valence-electron chi connectivity index (χ0n) is 10.5. The van der Waals surface area contributed by atoms with Crippen molar-refractivity contribution in [2.24, 2.45) is 0 Å². The van der Waals surface area contributed by atoms with Gasteiger partial charge in [-0.15, -0.1) is 0 Å². The van der Waals surface area contributed by atoms with E-state index in [0.717, 1.165) is 28.0 Å². The van der Waals surface area contributed by atoms with Crippen LogP contribution < -0.4 is 4.74 Å². The van der Waals surface area contributed by atoms with Crippen LogP contribution >= 0.6 is 12.2 Å². The first-order chi connectivity index (χ1) is 8.19. The van der Waals surface area contributed by atoms with Crippen molar-refractivity contribution in [3.8, 4) is 5.75 Å². The fourth-order valence-electron chi connectivity index (χ4n) is 2.02. The van der Waals surface area contributed by atoms with Gasteiger partial charge in [0.15, 0.2) is 4.77 Å². The lowest BCUT2D eigenvalue weighted by atomic mass is 10.2. The highest BCUT2D eigenvalue weighted by molar-refractivity contribution is 7.71. The molecule has 0 radical (unpaired) electrons. The molecular weight excluding hydrogens is 232 g/mol. The van der Waals surface area contributed by atoms with E-state index in [0.29, 0.717) is 12.6 Å². The van der Waals surface area contributed by atoms with Crippen LogP contribution in [0.5, 0.6) is 5.75 Å². The predicted molar refractivity (Wildman–Crippen MR) is 73.3 cm³/mol. The number of nitrogens with one attached hydrogen (secondary N) is 1. The molecule has 4 heteroatoms. The molecule has 92 valence electrons. The number of hydrogen-bond donors (Lipinski definition) is 1. The smallest absolute Gasteiger partial charge is 0.178 e. The van der Waals surface area contributed by atoms with E-state index in [1.165, 1.54) is 0 Å². The number of H-pyrrole nitrogens is 1. The molecule has 0 fully saturated rings. The summed E-state index contributed by atoms with van der Waals surface area (Å²) >= 11 is 5.39. The van der Waals surface area contributed by atoms with Crippen molar-refractivity contribution in [1.82, 2.24) is 9.55 Å². The molecule has 0 aliphatic heterocycles. The van der Waals surface area contributed by atoms with E-state index in [4.69, 9.17) is 17.0 Å². The molecular formula is C13H18N2OS. The second-order valence-electron chi connectivity index (χ2n) is 4.14. The van der Waals surface area contributed by atoms with Crippen LogP contribution in [0.3, 0.4) is 0 Å². The Morgan fingerprint density at radius 2 is 2.18 bits per heavy atom. The lowest BCUT2D eigenvalue weighted by molar-refractivity contribution is 0.343. The topological polar surface area (TPSA) is 29.9 Å². The first kappa shape index (κ1) is 12.2. The number of rotatable bonds is 4. The van der Waals surface area contributed by atoms with Gasteiger partial charge in [0.1, 0.15) is 11.3 Å². The molecule has 0 bridgehead atoms. The molecule has 2 aromatic rings. The Morgan fingerprint density at radius 3 is 2.82 bits per heavy atom. The van der Waals surface area contributed by atoms with Gasteiger partial charge in [0.05, 0.1) is 12.1 Å². The van der Waals surface area contributed by atoms with Crippen molar-refractivity contribution in [3.63, 3.8) is 0 Å². The maximum atomic E-state index is 5.61. The minimum Gasteiger partial charge on any atom is -0.492 e. The molecule has 1 unspecified atom stereocenters. The van der Waals surface area contributed by atoms with Crippen LogP contribution in [0.25, 0.3) is 11.0 Å². The molecule has 3 nitrogen and oxygen atoms in total. The first-order valence-electron chi connectivity index (χ1n) is 6.05. The maximum absolute atomic E-state index is 5.61. The zero-order chi connectivity index (χ0) is 12.4. The number of ether oxygens (including phenoxy) is 1. The number of aromatic amines is 1. The summed E-state index contributed by atoms with van der Waals surface area (Å²) in [6, 6.07) is 6.46. The van der Waals surface area contributed by atoms with Gasteiger partial charge in [-0.05, 0) is 44.6 Å². The van der Waals surface area contributed by atoms with Gasteiger partial charge in [-0.1, -0.05) is 13.0 Å². The molecule has 0 saturated heterocycles. The first-order valence-corrected chi connectivity index (χ1v) is 6.45. The lowest BCUT2D eigenvalue weighted by Crippen LogP contribution is -2.03. The van der Waals surface area contributed by atoms with Gasteiger partial charge in [-0.3, -0.25) is 0 Å². The Kier molecular flexibility index (Phi) is 3.52.